The summed E-state index contributed by atoms with van der Waals surface area (Å²) in [4.78, 5) is 15.4. The number of aromatic amines is 1. The molecule has 1 aliphatic rings. The Balaban J connectivity index is 1.68. The van der Waals surface area contributed by atoms with Crippen LogP contribution >= 0.6 is 0 Å². The molecule has 23 heavy (non-hydrogen) atoms. The fourth-order valence-corrected chi connectivity index (χ4v) is 3.13. The Bertz CT molecular complexity index is 729. The largest absolute Gasteiger partial charge is 0.388 e. The first-order chi connectivity index (χ1) is 10.8. The van der Waals surface area contributed by atoms with Crippen LogP contribution in [0.2, 0.25) is 0 Å². The van der Waals surface area contributed by atoms with Crippen LogP contribution < -0.4 is 5.32 Å². The number of carbonyl (C=O) groups excluding carboxylic acids is 1. The number of benzene rings is 1. The number of aryl methyl sites for hydroxylation is 1. The second-order valence-corrected chi connectivity index (χ2v) is 6.44. The van der Waals surface area contributed by atoms with E-state index in [1.807, 2.05) is 25.3 Å². The molecule has 0 atom stereocenters. The number of hydrogen-bond acceptors (Lipinski definition) is 2. The number of hydrogen-bond donors (Lipinski definition) is 3. The average molecular weight is 322 g/mol. The highest BCUT2D eigenvalue weighted by Gasteiger charge is 2.42. The zero-order valence-corrected chi connectivity index (χ0v) is 13.0. The third-order valence-electron chi connectivity index (χ3n) is 4.74. The number of carbonyl (C=O) groups is 1. The van der Waals surface area contributed by atoms with Gasteiger partial charge in [-0.25, -0.2) is 8.78 Å². The number of rotatable bonds is 3. The zero-order chi connectivity index (χ0) is 16.7. The predicted octanol–water partition coefficient (Wildman–Crippen LogP) is 3.15. The summed E-state index contributed by atoms with van der Waals surface area (Å²) >= 11 is 0. The highest BCUT2D eigenvalue weighted by Crippen LogP contribution is 2.38. The Morgan fingerprint density at radius 3 is 2.65 bits per heavy atom. The van der Waals surface area contributed by atoms with Crippen molar-refractivity contribution in [3.8, 4) is 0 Å². The van der Waals surface area contributed by atoms with E-state index in [2.05, 4.69) is 10.3 Å². The van der Waals surface area contributed by atoms with Crippen molar-refractivity contribution in [3.63, 3.8) is 0 Å². The molecule has 1 amide bonds. The molecule has 1 fully saturated rings. The number of H-pyrrole nitrogens is 1. The molecule has 0 saturated heterocycles. The summed E-state index contributed by atoms with van der Waals surface area (Å²) in [5, 5.41) is 14.0. The lowest BCUT2D eigenvalue weighted by atomic mass is 9.82. The van der Waals surface area contributed by atoms with Gasteiger partial charge in [0.05, 0.1) is 5.60 Å². The minimum atomic E-state index is -2.70. The Hall–Kier alpha value is -1.95. The number of aliphatic hydroxyl groups is 1. The summed E-state index contributed by atoms with van der Waals surface area (Å²) in [6, 6.07) is 5.45. The number of halogens is 2. The van der Waals surface area contributed by atoms with Crippen molar-refractivity contribution < 1.29 is 18.7 Å². The SMILES string of the molecule is Cc1c(C(=O)NCC2(O)CCC(F)(F)CC2)ccc2[nH]ccc12. The standard InChI is InChI=1S/C17H20F2N2O2/c1-11-12-4-9-20-14(12)3-2-13(11)15(22)21-10-16(23)5-7-17(18,19)8-6-16/h2-4,9,20,23H,5-8,10H2,1H3,(H,21,22). The third kappa shape index (κ3) is 3.22. The normalized spacial score (nSPS) is 19.7. The van der Waals surface area contributed by atoms with E-state index in [-0.39, 0.29) is 38.1 Å². The highest BCUT2D eigenvalue weighted by atomic mass is 19.3. The van der Waals surface area contributed by atoms with Gasteiger partial charge in [-0.3, -0.25) is 4.79 Å². The van der Waals surface area contributed by atoms with Gasteiger partial charge in [-0.15, -0.1) is 0 Å². The molecule has 1 aliphatic carbocycles. The summed E-state index contributed by atoms with van der Waals surface area (Å²) in [5.74, 6) is -3.00. The number of nitrogens with one attached hydrogen (secondary N) is 2. The first-order valence-corrected chi connectivity index (χ1v) is 7.75. The molecule has 3 N–H and O–H groups in total. The fraction of sp³-hybridized carbons (Fsp3) is 0.471. The lowest BCUT2D eigenvalue weighted by molar-refractivity contribution is -0.101. The molecule has 1 heterocycles. The van der Waals surface area contributed by atoms with Crippen LogP contribution in [-0.4, -0.2) is 34.1 Å². The van der Waals surface area contributed by atoms with E-state index < -0.39 is 11.5 Å². The van der Waals surface area contributed by atoms with E-state index in [4.69, 9.17) is 0 Å². The molecule has 1 saturated carbocycles. The minimum Gasteiger partial charge on any atom is -0.388 e. The van der Waals surface area contributed by atoms with Crippen LogP contribution in [0.25, 0.3) is 10.9 Å². The van der Waals surface area contributed by atoms with Crippen LogP contribution in [0.4, 0.5) is 8.78 Å². The molecule has 0 unspecified atom stereocenters. The number of alkyl halides is 2. The van der Waals surface area contributed by atoms with Crippen LogP contribution in [0, 0.1) is 6.92 Å². The first-order valence-electron chi connectivity index (χ1n) is 7.75. The molecule has 1 aromatic heterocycles. The molecule has 0 spiro atoms. The maximum atomic E-state index is 13.2. The molecule has 3 rings (SSSR count). The summed E-state index contributed by atoms with van der Waals surface area (Å²) < 4.78 is 26.4. The zero-order valence-electron chi connectivity index (χ0n) is 13.0. The first kappa shape index (κ1) is 15.9. The predicted molar refractivity (Wildman–Crippen MR) is 83.7 cm³/mol. The van der Waals surface area contributed by atoms with Crippen LogP contribution in [0.3, 0.4) is 0 Å². The quantitative estimate of drug-likeness (QED) is 0.813. The summed E-state index contributed by atoms with van der Waals surface area (Å²) in [6.45, 7) is 1.85. The van der Waals surface area contributed by atoms with Gasteiger partial charge in [0.25, 0.3) is 5.91 Å². The molecule has 0 aliphatic heterocycles. The van der Waals surface area contributed by atoms with E-state index >= 15 is 0 Å². The number of amides is 1. The van der Waals surface area contributed by atoms with Crippen LogP contribution in [-0.2, 0) is 0 Å². The van der Waals surface area contributed by atoms with Gasteiger partial charge in [0, 0.05) is 42.0 Å². The number of aromatic nitrogens is 1. The molecule has 0 radical (unpaired) electrons. The number of fused-ring (bicyclic) bond motifs is 1. The van der Waals surface area contributed by atoms with Gasteiger partial charge in [-0.1, -0.05) is 0 Å². The Kier molecular flexibility index (Phi) is 3.88. The second-order valence-electron chi connectivity index (χ2n) is 6.44. The molecule has 124 valence electrons. The van der Waals surface area contributed by atoms with E-state index in [1.54, 1.807) is 6.07 Å². The van der Waals surface area contributed by atoms with Crippen molar-refractivity contribution in [1.29, 1.82) is 0 Å². The van der Waals surface area contributed by atoms with Gasteiger partial charge >= 0.3 is 0 Å². The van der Waals surface area contributed by atoms with E-state index in [9.17, 15) is 18.7 Å². The smallest absolute Gasteiger partial charge is 0.251 e. The Labute approximate surface area is 132 Å². The average Bonchev–Trinajstić information content (AvgIpc) is 2.99. The minimum absolute atomic E-state index is 0.00386. The molecular weight excluding hydrogens is 302 g/mol. The topological polar surface area (TPSA) is 65.1 Å². The lowest BCUT2D eigenvalue weighted by Crippen LogP contribution is -2.47. The van der Waals surface area contributed by atoms with Crippen LogP contribution in [0.5, 0.6) is 0 Å². The molecule has 2 aromatic rings. The van der Waals surface area contributed by atoms with Crippen molar-refractivity contribution in [3.05, 3.63) is 35.5 Å². The van der Waals surface area contributed by atoms with Gasteiger partial charge in [0.2, 0.25) is 5.92 Å². The van der Waals surface area contributed by atoms with Gasteiger partial charge in [-0.2, -0.15) is 0 Å². The van der Waals surface area contributed by atoms with Crippen molar-refractivity contribution in [2.75, 3.05) is 6.54 Å². The summed E-state index contributed by atoms with van der Waals surface area (Å²) in [6.07, 6.45) is 1.12. The summed E-state index contributed by atoms with van der Waals surface area (Å²) in [5.41, 5.74) is 1.08. The van der Waals surface area contributed by atoms with Gasteiger partial charge in [0.1, 0.15) is 0 Å². The van der Waals surface area contributed by atoms with Crippen LogP contribution in [0.15, 0.2) is 24.4 Å². The molecule has 1 aromatic carbocycles. The Morgan fingerprint density at radius 2 is 1.96 bits per heavy atom. The van der Waals surface area contributed by atoms with Crippen LogP contribution in [0.1, 0.15) is 41.6 Å². The maximum absolute atomic E-state index is 13.2. The summed E-state index contributed by atoms with van der Waals surface area (Å²) in [7, 11) is 0. The molecule has 6 heteroatoms. The van der Waals surface area contributed by atoms with Gasteiger partial charge in [0.15, 0.2) is 0 Å². The molecular formula is C17H20F2N2O2. The van der Waals surface area contributed by atoms with Crippen molar-refractivity contribution in [2.45, 2.75) is 44.1 Å². The van der Waals surface area contributed by atoms with Crippen molar-refractivity contribution in [2.24, 2.45) is 0 Å². The fourth-order valence-electron chi connectivity index (χ4n) is 3.13. The van der Waals surface area contributed by atoms with Gasteiger partial charge < -0.3 is 15.4 Å². The lowest BCUT2D eigenvalue weighted by Gasteiger charge is -2.35. The monoisotopic (exact) mass is 322 g/mol. The third-order valence-corrected chi connectivity index (χ3v) is 4.74. The van der Waals surface area contributed by atoms with E-state index in [0.29, 0.717) is 5.56 Å². The van der Waals surface area contributed by atoms with Gasteiger partial charge in [-0.05, 0) is 43.5 Å². The van der Waals surface area contributed by atoms with E-state index in [1.165, 1.54) is 0 Å². The second kappa shape index (κ2) is 5.60. The van der Waals surface area contributed by atoms with E-state index in [0.717, 1.165) is 16.5 Å². The van der Waals surface area contributed by atoms with Crippen molar-refractivity contribution in [1.82, 2.24) is 10.3 Å². The van der Waals surface area contributed by atoms with Crippen molar-refractivity contribution >= 4 is 16.8 Å². The highest BCUT2D eigenvalue weighted by molar-refractivity contribution is 6.00. The molecule has 0 bridgehead atoms. The Morgan fingerprint density at radius 1 is 1.26 bits per heavy atom. The maximum Gasteiger partial charge on any atom is 0.251 e. The molecule has 4 nitrogen and oxygen atoms in total.